The number of anilines is 1. The average Bonchev–Trinajstić information content (AvgIpc) is 2.56. The van der Waals surface area contributed by atoms with Crippen molar-refractivity contribution < 1.29 is 14.0 Å². The SMILES string of the molecule is CC1=C(C(=O)Nc2ccc(F)cc2)C(c2ccc(Cl)cc2Cl)NC(=O)N1. The summed E-state index contributed by atoms with van der Waals surface area (Å²) in [6, 6.07) is 8.99. The van der Waals surface area contributed by atoms with Crippen LogP contribution in [0.15, 0.2) is 53.7 Å². The molecular formula is C18H14Cl2FN3O2. The fraction of sp³-hybridized carbons (Fsp3) is 0.111. The quantitative estimate of drug-likeness (QED) is 0.722. The number of nitrogens with one attached hydrogen (secondary N) is 3. The van der Waals surface area contributed by atoms with Crippen molar-refractivity contribution in [2.45, 2.75) is 13.0 Å². The number of hydrogen-bond donors (Lipinski definition) is 3. The van der Waals surface area contributed by atoms with Gasteiger partial charge >= 0.3 is 6.03 Å². The Morgan fingerprint density at radius 3 is 2.50 bits per heavy atom. The summed E-state index contributed by atoms with van der Waals surface area (Å²) in [5.74, 6) is -0.853. The van der Waals surface area contributed by atoms with Crippen LogP contribution < -0.4 is 16.0 Å². The van der Waals surface area contributed by atoms with Gasteiger partial charge < -0.3 is 16.0 Å². The van der Waals surface area contributed by atoms with E-state index in [-0.39, 0.29) is 5.57 Å². The highest BCUT2D eigenvalue weighted by Gasteiger charge is 2.32. The fourth-order valence-electron chi connectivity index (χ4n) is 2.70. The molecule has 0 spiro atoms. The molecule has 1 aliphatic rings. The zero-order valence-electron chi connectivity index (χ0n) is 13.6. The molecule has 1 heterocycles. The molecule has 1 unspecified atom stereocenters. The lowest BCUT2D eigenvalue weighted by Crippen LogP contribution is -2.46. The Morgan fingerprint density at radius 1 is 1.15 bits per heavy atom. The Kier molecular flexibility index (Phi) is 5.15. The molecule has 2 aromatic rings. The molecule has 0 radical (unpaired) electrons. The van der Waals surface area contributed by atoms with Gasteiger partial charge in [0.15, 0.2) is 0 Å². The second-order valence-electron chi connectivity index (χ2n) is 5.70. The normalized spacial score (nSPS) is 16.8. The van der Waals surface area contributed by atoms with Crippen LogP contribution >= 0.6 is 23.2 Å². The van der Waals surface area contributed by atoms with Gasteiger partial charge in [-0.2, -0.15) is 0 Å². The largest absolute Gasteiger partial charge is 0.327 e. The van der Waals surface area contributed by atoms with E-state index in [0.717, 1.165) is 0 Å². The van der Waals surface area contributed by atoms with Crippen molar-refractivity contribution in [2.24, 2.45) is 0 Å². The summed E-state index contributed by atoms with van der Waals surface area (Å²) in [5, 5.41) is 8.72. The number of carbonyl (C=O) groups excluding carboxylic acids is 2. The maximum absolute atomic E-state index is 13.0. The molecule has 0 bridgehead atoms. The molecule has 3 N–H and O–H groups in total. The van der Waals surface area contributed by atoms with Gasteiger partial charge in [0.05, 0.1) is 11.6 Å². The molecule has 1 aliphatic heterocycles. The van der Waals surface area contributed by atoms with Gasteiger partial charge in [0.2, 0.25) is 0 Å². The molecule has 0 saturated carbocycles. The van der Waals surface area contributed by atoms with Gasteiger partial charge in [0.1, 0.15) is 5.82 Å². The van der Waals surface area contributed by atoms with Crippen LogP contribution in [0.1, 0.15) is 18.5 Å². The molecule has 1 atom stereocenters. The molecule has 0 aliphatic carbocycles. The maximum atomic E-state index is 13.0. The van der Waals surface area contributed by atoms with Crippen molar-refractivity contribution in [2.75, 3.05) is 5.32 Å². The van der Waals surface area contributed by atoms with Crippen molar-refractivity contribution in [3.05, 3.63) is 75.2 Å². The molecule has 3 rings (SSSR count). The zero-order chi connectivity index (χ0) is 18.8. The van der Waals surface area contributed by atoms with Gasteiger partial charge in [-0.1, -0.05) is 29.3 Å². The molecule has 3 amide bonds. The number of allylic oxidation sites excluding steroid dienone is 1. The van der Waals surface area contributed by atoms with Crippen LogP contribution in [-0.4, -0.2) is 11.9 Å². The first-order valence-electron chi connectivity index (χ1n) is 7.65. The highest BCUT2D eigenvalue weighted by atomic mass is 35.5. The number of hydrogen-bond acceptors (Lipinski definition) is 2. The topological polar surface area (TPSA) is 70.2 Å². The maximum Gasteiger partial charge on any atom is 0.319 e. The second-order valence-corrected chi connectivity index (χ2v) is 6.54. The summed E-state index contributed by atoms with van der Waals surface area (Å²) in [6.45, 7) is 1.62. The number of halogens is 3. The first-order valence-corrected chi connectivity index (χ1v) is 8.41. The van der Waals surface area contributed by atoms with E-state index < -0.39 is 23.8 Å². The lowest BCUT2D eigenvalue weighted by atomic mass is 9.94. The highest BCUT2D eigenvalue weighted by Crippen LogP contribution is 2.33. The molecule has 134 valence electrons. The molecule has 2 aromatic carbocycles. The molecule has 0 fully saturated rings. The van der Waals surface area contributed by atoms with Crippen LogP contribution in [0.3, 0.4) is 0 Å². The fourth-order valence-corrected chi connectivity index (χ4v) is 3.21. The van der Waals surface area contributed by atoms with E-state index in [9.17, 15) is 14.0 Å². The van der Waals surface area contributed by atoms with Gasteiger partial charge in [-0.15, -0.1) is 0 Å². The second kappa shape index (κ2) is 7.35. The Morgan fingerprint density at radius 2 is 1.85 bits per heavy atom. The predicted octanol–water partition coefficient (Wildman–Crippen LogP) is 4.40. The number of rotatable bonds is 3. The van der Waals surface area contributed by atoms with Crippen molar-refractivity contribution in [1.82, 2.24) is 10.6 Å². The van der Waals surface area contributed by atoms with Gasteiger partial charge in [-0.25, -0.2) is 9.18 Å². The van der Waals surface area contributed by atoms with E-state index >= 15 is 0 Å². The van der Waals surface area contributed by atoms with Gasteiger partial charge in [0.25, 0.3) is 5.91 Å². The minimum absolute atomic E-state index is 0.290. The summed E-state index contributed by atoms with van der Waals surface area (Å²) in [5.41, 5.74) is 1.65. The van der Waals surface area contributed by atoms with Crippen LogP contribution in [0.2, 0.25) is 10.0 Å². The zero-order valence-corrected chi connectivity index (χ0v) is 15.1. The lowest BCUT2D eigenvalue weighted by molar-refractivity contribution is -0.113. The summed E-state index contributed by atoms with van der Waals surface area (Å²) in [7, 11) is 0. The minimum Gasteiger partial charge on any atom is -0.327 e. The monoisotopic (exact) mass is 393 g/mol. The van der Waals surface area contributed by atoms with Gasteiger partial charge in [0, 0.05) is 21.4 Å². The van der Waals surface area contributed by atoms with Crippen molar-refractivity contribution in [3.63, 3.8) is 0 Å². The molecule has 26 heavy (non-hydrogen) atoms. The Bertz CT molecular complexity index is 913. The van der Waals surface area contributed by atoms with Gasteiger partial charge in [-0.05, 0) is 48.9 Å². The molecule has 5 nitrogen and oxygen atoms in total. The van der Waals surface area contributed by atoms with Gasteiger partial charge in [-0.3, -0.25) is 4.79 Å². The average molecular weight is 394 g/mol. The van der Waals surface area contributed by atoms with Crippen molar-refractivity contribution in [3.8, 4) is 0 Å². The van der Waals surface area contributed by atoms with Crippen molar-refractivity contribution >= 4 is 40.8 Å². The third-order valence-electron chi connectivity index (χ3n) is 3.89. The summed E-state index contributed by atoms with van der Waals surface area (Å²) in [4.78, 5) is 24.7. The van der Waals surface area contributed by atoms with Crippen LogP contribution in [-0.2, 0) is 4.79 Å². The minimum atomic E-state index is -0.756. The van der Waals surface area contributed by atoms with E-state index in [4.69, 9.17) is 23.2 Å². The summed E-state index contributed by atoms with van der Waals surface area (Å²) < 4.78 is 13.0. The lowest BCUT2D eigenvalue weighted by Gasteiger charge is -2.29. The number of benzene rings is 2. The number of amides is 3. The van der Waals surface area contributed by atoms with Crippen LogP contribution in [0.5, 0.6) is 0 Å². The first kappa shape index (κ1) is 18.2. The third-order valence-corrected chi connectivity index (χ3v) is 4.45. The predicted molar refractivity (Wildman–Crippen MR) is 98.6 cm³/mol. The summed E-state index contributed by atoms with van der Waals surface area (Å²) in [6.07, 6.45) is 0. The van der Waals surface area contributed by atoms with E-state index in [1.807, 2.05) is 0 Å². The first-order chi connectivity index (χ1) is 12.3. The van der Waals surface area contributed by atoms with Crippen LogP contribution in [0.4, 0.5) is 14.9 Å². The highest BCUT2D eigenvalue weighted by molar-refractivity contribution is 6.35. The van der Waals surface area contributed by atoms with E-state index in [1.165, 1.54) is 30.3 Å². The van der Waals surface area contributed by atoms with E-state index in [1.54, 1.807) is 19.1 Å². The summed E-state index contributed by atoms with van der Waals surface area (Å²) >= 11 is 12.2. The van der Waals surface area contributed by atoms with Crippen LogP contribution in [0, 0.1) is 5.82 Å². The molecule has 0 saturated heterocycles. The Labute approximate surface area is 159 Å². The van der Waals surface area contributed by atoms with Crippen molar-refractivity contribution in [1.29, 1.82) is 0 Å². The smallest absolute Gasteiger partial charge is 0.319 e. The van der Waals surface area contributed by atoms with Crippen LogP contribution in [0.25, 0.3) is 0 Å². The molecule has 8 heteroatoms. The third kappa shape index (κ3) is 3.81. The Balaban J connectivity index is 1.97. The Hall–Kier alpha value is -2.57. The number of carbonyl (C=O) groups is 2. The standard InChI is InChI=1S/C18H14Cl2FN3O2/c1-9-15(17(25)23-12-5-3-11(21)4-6-12)16(24-18(26)22-9)13-7-2-10(19)8-14(13)20/h2-8,16H,1H3,(H,23,25)(H2,22,24,26). The van der Waals surface area contributed by atoms with E-state index in [0.29, 0.717) is 27.0 Å². The number of urea groups is 1. The molecule has 0 aromatic heterocycles. The van der Waals surface area contributed by atoms with E-state index in [2.05, 4.69) is 16.0 Å². The molecular weight excluding hydrogens is 380 g/mol.